The smallest absolute Gasteiger partial charge is 0.223 e. The molecule has 0 amide bonds. The summed E-state index contributed by atoms with van der Waals surface area (Å²) in [4.78, 5) is 10.9. The lowest BCUT2D eigenvalue weighted by molar-refractivity contribution is 0.761. The van der Waals surface area contributed by atoms with Crippen molar-refractivity contribution in [2.24, 2.45) is 0 Å². The van der Waals surface area contributed by atoms with Gasteiger partial charge < -0.3 is 5.73 Å². The Morgan fingerprint density at radius 2 is 2.15 bits per heavy atom. The van der Waals surface area contributed by atoms with E-state index in [1.165, 1.54) is 4.88 Å². The summed E-state index contributed by atoms with van der Waals surface area (Å²) in [5.74, 6) is 1.44. The van der Waals surface area contributed by atoms with Crippen LogP contribution in [0.25, 0.3) is 16.0 Å². The molecule has 0 atom stereocenters. The van der Waals surface area contributed by atoms with Gasteiger partial charge in [0.25, 0.3) is 0 Å². The summed E-state index contributed by atoms with van der Waals surface area (Å²) in [6.45, 7) is 6.37. The molecule has 20 heavy (non-hydrogen) atoms. The quantitative estimate of drug-likeness (QED) is 0.803. The van der Waals surface area contributed by atoms with Crippen molar-refractivity contribution in [3.8, 4) is 5.82 Å². The molecule has 6 heteroatoms. The first-order valence-corrected chi connectivity index (χ1v) is 7.52. The van der Waals surface area contributed by atoms with Gasteiger partial charge in [-0.1, -0.05) is 20.8 Å². The van der Waals surface area contributed by atoms with Crippen molar-refractivity contribution in [3.05, 3.63) is 28.9 Å². The number of rotatable bonds is 3. The van der Waals surface area contributed by atoms with Gasteiger partial charge in [-0.2, -0.15) is 10.1 Å². The van der Waals surface area contributed by atoms with E-state index in [1.807, 2.05) is 12.3 Å². The normalized spacial score (nSPS) is 11.6. The van der Waals surface area contributed by atoms with Crippen LogP contribution in [0.1, 0.15) is 37.3 Å². The Labute approximate surface area is 121 Å². The predicted octanol–water partition coefficient (Wildman–Crippen LogP) is 3.15. The van der Waals surface area contributed by atoms with Gasteiger partial charge in [0.1, 0.15) is 4.83 Å². The SMILES string of the molecule is CCc1cc2c(-n3ccc(C(C)C)n3)nc(N)nc2s1. The molecule has 0 aliphatic heterocycles. The van der Waals surface area contributed by atoms with Crippen LogP contribution < -0.4 is 5.73 Å². The lowest BCUT2D eigenvalue weighted by Crippen LogP contribution is -2.04. The van der Waals surface area contributed by atoms with Gasteiger partial charge in [-0.15, -0.1) is 11.3 Å². The number of nitrogens with two attached hydrogens (primary N) is 1. The highest BCUT2D eigenvalue weighted by molar-refractivity contribution is 7.18. The zero-order valence-corrected chi connectivity index (χ0v) is 12.6. The van der Waals surface area contributed by atoms with Crippen molar-refractivity contribution in [2.75, 3.05) is 5.73 Å². The third-order valence-electron chi connectivity index (χ3n) is 3.21. The number of hydrogen-bond acceptors (Lipinski definition) is 5. The molecule has 0 aliphatic carbocycles. The Kier molecular flexibility index (Phi) is 3.17. The Morgan fingerprint density at radius 3 is 2.80 bits per heavy atom. The molecule has 5 nitrogen and oxygen atoms in total. The predicted molar refractivity (Wildman–Crippen MR) is 82.4 cm³/mol. The maximum absolute atomic E-state index is 5.82. The fourth-order valence-corrected chi connectivity index (χ4v) is 3.05. The number of nitrogen functional groups attached to an aromatic ring is 1. The molecule has 0 saturated heterocycles. The summed E-state index contributed by atoms with van der Waals surface area (Å²) in [5.41, 5.74) is 6.87. The summed E-state index contributed by atoms with van der Waals surface area (Å²) < 4.78 is 1.79. The third kappa shape index (κ3) is 2.16. The molecule has 0 unspecified atom stereocenters. The summed E-state index contributed by atoms with van der Waals surface area (Å²) in [6, 6.07) is 4.15. The molecule has 0 bridgehead atoms. The van der Waals surface area contributed by atoms with Gasteiger partial charge in [0.2, 0.25) is 5.95 Å². The molecular formula is C14H17N5S. The van der Waals surface area contributed by atoms with Gasteiger partial charge in [0, 0.05) is 11.1 Å². The van der Waals surface area contributed by atoms with Crippen LogP contribution in [0, 0.1) is 0 Å². The first kappa shape index (κ1) is 13.1. The van der Waals surface area contributed by atoms with E-state index in [0.29, 0.717) is 11.9 Å². The first-order chi connectivity index (χ1) is 9.58. The zero-order valence-electron chi connectivity index (χ0n) is 11.8. The Hall–Kier alpha value is -1.95. The summed E-state index contributed by atoms with van der Waals surface area (Å²) in [7, 11) is 0. The van der Waals surface area contributed by atoms with Crippen LogP contribution in [0.2, 0.25) is 0 Å². The standard InChI is InChI=1S/C14H17N5S/c1-4-9-7-10-12(16-14(15)17-13(10)20-9)19-6-5-11(18-19)8(2)3/h5-8H,4H2,1-3H3,(H2,15,16,17). The van der Waals surface area contributed by atoms with Crippen molar-refractivity contribution < 1.29 is 0 Å². The number of fused-ring (bicyclic) bond motifs is 1. The molecule has 0 aromatic carbocycles. The second-order valence-electron chi connectivity index (χ2n) is 5.03. The largest absolute Gasteiger partial charge is 0.368 e. The van der Waals surface area contributed by atoms with Gasteiger partial charge in [-0.3, -0.25) is 0 Å². The van der Waals surface area contributed by atoms with Crippen LogP contribution >= 0.6 is 11.3 Å². The summed E-state index contributed by atoms with van der Waals surface area (Å²) >= 11 is 1.66. The van der Waals surface area contributed by atoms with Crippen LogP contribution in [-0.4, -0.2) is 19.7 Å². The van der Waals surface area contributed by atoms with Crippen molar-refractivity contribution >= 4 is 27.5 Å². The number of thiophene rings is 1. The van der Waals surface area contributed by atoms with Crippen molar-refractivity contribution in [2.45, 2.75) is 33.1 Å². The highest BCUT2D eigenvalue weighted by Crippen LogP contribution is 2.29. The summed E-state index contributed by atoms with van der Waals surface area (Å²) in [5, 5.41) is 5.60. The molecule has 3 heterocycles. The number of aryl methyl sites for hydroxylation is 1. The molecule has 3 aromatic rings. The average molecular weight is 287 g/mol. The molecule has 0 saturated carbocycles. The van der Waals surface area contributed by atoms with Crippen LogP contribution in [0.5, 0.6) is 0 Å². The van der Waals surface area contributed by atoms with Gasteiger partial charge in [-0.25, -0.2) is 9.67 Å². The average Bonchev–Trinajstić information content (AvgIpc) is 3.03. The van der Waals surface area contributed by atoms with Gasteiger partial charge in [0.15, 0.2) is 5.82 Å². The Bertz CT molecular complexity index is 756. The Balaban J connectivity index is 2.20. The fraction of sp³-hybridized carbons (Fsp3) is 0.357. The fourth-order valence-electron chi connectivity index (χ4n) is 2.09. The second-order valence-corrected chi connectivity index (χ2v) is 6.15. The van der Waals surface area contributed by atoms with Crippen molar-refractivity contribution in [1.29, 1.82) is 0 Å². The molecule has 0 fully saturated rings. The molecular weight excluding hydrogens is 270 g/mol. The number of aromatic nitrogens is 4. The third-order valence-corrected chi connectivity index (χ3v) is 4.38. The molecule has 104 valence electrons. The minimum atomic E-state index is 0.290. The summed E-state index contributed by atoms with van der Waals surface area (Å²) in [6.07, 6.45) is 2.91. The van der Waals surface area contributed by atoms with Gasteiger partial charge in [0.05, 0.1) is 11.1 Å². The topological polar surface area (TPSA) is 69.6 Å². The molecule has 3 rings (SSSR count). The Morgan fingerprint density at radius 1 is 1.35 bits per heavy atom. The highest BCUT2D eigenvalue weighted by Gasteiger charge is 2.13. The maximum atomic E-state index is 5.82. The molecule has 0 aliphatic rings. The monoisotopic (exact) mass is 287 g/mol. The minimum absolute atomic E-state index is 0.290. The number of anilines is 1. The van der Waals surface area contributed by atoms with E-state index < -0.39 is 0 Å². The van der Waals surface area contributed by atoms with E-state index in [9.17, 15) is 0 Å². The van der Waals surface area contributed by atoms with E-state index in [1.54, 1.807) is 16.0 Å². The molecule has 0 spiro atoms. The first-order valence-electron chi connectivity index (χ1n) is 6.70. The van der Waals surface area contributed by atoms with E-state index in [4.69, 9.17) is 5.73 Å². The highest BCUT2D eigenvalue weighted by atomic mass is 32.1. The van der Waals surface area contributed by atoms with Crippen molar-refractivity contribution in [1.82, 2.24) is 19.7 Å². The lowest BCUT2D eigenvalue weighted by Gasteiger charge is -2.04. The van der Waals surface area contributed by atoms with E-state index in [2.05, 4.69) is 41.9 Å². The van der Waals surface area contributed by atoms with Gasteiger partial charge in [-0.05, 0) is 24.5 Å². The number of hydrogen-bond donors (Lipinski definition) is 1. The molecule has 2 N–H and O–H groups in total. The van der Waals surface area contributed by atoms with Crippen LogP contribution in [0.15, 0.2) is 18.3 Å². The van der Waals surface area contributed by atoms with Crippen molar-refractivity contribution in [3.63, 3.8) is 0 Å². The van der Waals surface area contributed by atoms with Gasteiger partial charge >= 0.3 is 0 Å². The zero-order chi connectivity index (χ0) is 14.3. The second kappa shape index (κ2) is 4.86. The maximum Gasteiger partial charge on any atom is 0.223 e. The lowest BCUT2D eigenvalue weighted by atomic mass is 10.1. The van der Waals surface area contributed by atoms with E-state index in [0.717, 1.165) is 28.1 Å². The van der Waals surface area contributed by atoms with Crippen LogP contribution in [0.3, 0.4) is 0 Å². The minimum Gasteiger partial charge on any atom is -0.368 e. The van der Waals surface area contributed by atoms with E-state index in [-0.39, 0.29) is 0 Å². The molecule has 3 aromatic heterocycles. The number of nitrogens with zero attached hydrogens (tertiary/aromatic N) is 4. The van der Waals surface area contributed by atoms with Crippen LogP contribution in [0.4, 0.5) is 5.95 Å². The van der Waals surface area contributed by atoms with Crippen LogP contribution in [-0.2, 0) is 6.42 Å². The van der Waals surface area contributed by atoms with E-state index >= 15 is 0 Å². The molecule has 0 radical (unpaired) electrons.